The fourth-order valence-electron chi connectivity index (χ4n) is 4.75. The van der Waals surface area contributed by atoms with Gasteiger partial charge in [-0.15, -0.1) is 0 Å². The van der Waals surface area contributed by atoms with E-state index in [1.807, 2.05) is 18.5 Å². The first-order valence-electron chi connectivity index (χ1n) is 11.0. The summed E-state index contributed by atoms with van der Waals surface area (Å²) in [6, 6.07) is 7.98. The minimum Gasteiger partial charge on any atom is -0.463 e. The summed E-state index contributed by atoms with van der Waals surface area (Å²) in [6.07, 6.45) is 11.8. The second kappa shape index (κ2) is 8.01. The minimum absolute atomic E-state index is 0.272. The standard InChI is InChI=1S/C24H19N9O/c25-8-18(33-13-17(11-31-33)21-19-1-4-27-23(19)30-14-29-21)7-15-2-5-32(12-15)24-20(9-26)22-16(10-28-24)3-6-34-22/h1,3-4,6,10-11,13-15,18H,2,5,7,12H2,(H,27,29,30). The highest BCUT2D eigenvalue weighted by molar-refractivity contribution is 5.90. The summed E-state index contributed by atoms with van der Waals surface area (Å²) in [4.78, 5) is 18.4. The summed E-state index contributed by atoms with van der Waals surface area (Å²) >= 11 is 0. The third kappa shape index (κ3) is 3.24. The van der Waals surface area contributed by atoms with Crippen molar-refractivity contribution in [1.82, 2.24) is 29.7 Å². The van der Waals surface area contributed by atoms with E-state index in [1.165, 1.54) is 6.33 Å². The van der Waals surface area contributed by atoms with Crippen molar-refractivity contribution in [3.63, 3.8) is 0 Å². The van der Waals surface area contributed by atoms with Crippen LogP contribution in [0.5, 0.6) is 0 Å². The SMILES string of the molecule is N#Cc1c(N2CCC(CC(C#N)n3cc(-c4ncnc5[nH]ccc45)cn3)C2)ncc2ccoc12. The van der Waals surface area contributed by atoms with Crippen LogP contribution >= 0.6 is 0 Å². The van der Waals surface area contributed by atoms with Gasteiger partial charge in [-0.1, -0.05) is 0 Å². The van der Waals surface area contributed by atoms with Gasteiger partial charge in [0.15, 0.2) is 5.58 Å². The topological polar surface area (TPSA) is 136 Å². The van der Waals surface area contributed by atoms with Gasteiger partial charge in [0.05, 0.1) is 24.2 Å². The monoisotopic (exact) mass is 449 g/mol. The lowest BCUT2D eigenvalue weighted by Crippen LogP contribution is -2.23. The number of nitrogens with one attached hydrogen (secondary N) is 1. The Kier molecular flexibility index (Phi) is 4.70. The summed E-state index contributed by atoms with van der Waals surface area (Å²) in [7, 11) is 0. The Balaban J connectivity index is 1.20. The molecular formula is C24H19N9O. The third-order valence-corrected chi connectivity index (χ3v) is 6.42. The van der Waals surface area contributed by atoms with E-state index >= 15 is 0 Å². The van der Waals surface area contributed by atoms with Gasteiger partial charge in [0.25, 0.3) is 0 Å². The zero-order valence-electron chi connectivity index (χ0n) is 18.1. The number of anilines is 1. The molecule has 166 valence electrons. The number of H-pyrrole nitrogens is 1. The number of aromatic amines is 1. The molecule has 0 aromatic carbocycles. The van der Waals surface area contributed by atoms with Crippen molar-refractivity contribution in [3.8, 4) is 23.4 Å². The lowest BCUT2D eigenvalue weighted by atomic mass is 10.00. The van der Waals surface area contributed by atoms with E-state index in [0.717, 1.165) is 47.2 Å². The van der Waals surface area contributed by atoms with Crippen LogP contribution in [0.1, 0.15) is 24.4 Å². The Morgan fingerprint density at radius 2 is 2.15 bits per heavy atom. The molecule has 1 aliphatic heterocycles. The number of hydrogen-bond donors (Lipinski definition) is 1. The smallest absolute Gasteiger partial charge is 0.156 e. The minimum atomic E-state index is -0.404. The Morgan fingerprint density at radius 3 is 3.03 bits per heavy atom. The predicted octanol–water partition coefficient (Wildman–Crippen LogP) is 3.82. The molecule has 6 heterocycles. The van der Waals surface area contributed by atoms with Crippen molar-refractivity contribution in [2.45, 2.75) is 18.9 Å². The van der Waals surface area contributed by atoms with Crippen molar-refractivity contribution >= 4 is 27.8 Å². The second-order valence-electron chi connectivity index (χ2n) is 8.43. The van der Waals surface area contributed by atoms with E-state index in [0.29, 0.717) is 23.4 Å². The number of fused-ring (bicyclic) bond motifs is 2. The number of nitriles is 2. The van der Waals surface area contributed by atoms with Crippen LogP contribution in [0.25, 0.3) is 33.3 Å². The number of hydrogen-bond acceptors (Lipinski definition) is 8. The molecule has 5 aromatic rings. The van der Waals surface area contributed by atoms with Gasteiger partial charge >= 0.3 is 0 Å². The quantitative estimate of drug-likeness (QED) is 0.428. The van der Waals surface area contributed by atoms with Crippen LogP contribution in [-0.4, -0.2) is 42.8 Å². The van der Waals surface area contributed by atoms with Crippen LogP contribution in [0, 0.1) is 28.6 Å². The van der Waals surface area contributed by atoms with Gasteiger partial charge in [0.2, 0.25) is 0 Å². The molecule has 0 spiro atoms. The lowest BCUT2D eigenvalue weighted by molar-refractivity contribution is 0.419. The Morgan fingerprint density at radius 1 is 1.21 bits per heavy atom. The van der Waals surface area contributed by atoms with Crippen molar-refractivity contribution < 1.29 is 4.42 Å². The fourth-order valence-corrected chi connectivity index (χ4v) is 4.75. The zero-order valence-corrected chi connectivity index (χ0v) is 18.1. The molecule has 0 bridgehead atoms. The van der Waals surface area contributed by atoms with Crippen LogP contribution in [-0.2, 0) is 0 Å². The highest BCUT2D eigenvalue weighted by Gasteiger charge is 2.29. The van der Waals surface area contributed by atoms with Crippen molar-refractivity contribution in [2.75, 3.05) is 18.0 Å². The maximum absolute atomic E-state index is 9.90. The molecule has 10 nitrogen and oxygen atoms in total. The van der Waals surface area contributed by atoms with Crippen LogP contribution in [0.15, 0.2) is 53.9 Å². The van der Waals surface area contributed by atoms with E-state index in [-0.39, 0.29) is 5.92 Å². The van der Waals surface area contributed by atoms with Crippen molar-refractivity contribution in [1.29, 1.82) is 10.5 Å². The number of furan rings is 1. The summed E-state index contributed by atoms with van der Waals surface area (Å²) in [5.41, 5.74) is 3.41. The third-order valence-electron chi connectivity index (χ3n) is 6.42. The Bertz CT molecular complexity index is 1580. The number of aromatic nitrogens is 6. The lowest BCUT2D eigenvalue weighted by Gasteiger charge is -2.19. The molecule has 5 aromatic heterocycles. The van der Waals surface area contributed by atoms with Crippen LogP contribution in [0.4, 0.5) is 5.82 Å². The molecule has 6 rings (SSSR count). The van der Waals surface area contributed by atoms with Crippen LogP contribution < -0.4 is 4.90 Å². The molecule has 2 unspecified atom stereocenters. The molecule has 1 saturated heterocycles. The average molecular weight is 449 g/mol. The summed E-state index contributed by atoms with van der Waals surface area (Å²) in [5, 5.41) is 25.8. The fraction of sp³-hybridized carbons (Fsp3) is 0.250. The van der Waals surface area contributed by atoms with Gasteiger partial charge in [0, 0.05) is 48.0 Å². The second-order valence-corrected chi connectivity index (χ2v) is 8.43. The summed E-state index contributed by atoms with van der Waals surface area (Å²) in [5.74, 6) is 0.912. The Labute approximate surface area is 194 Å². The molecule has 1 aliphatic rings. The molecular weight excluding hydrogens is 430 g/mol. The van der Waals surface area contributed by atoms with Gasteiger partial charge in [-0.25, -0.2) is 15.0 Å². The maximum Gasteiger partial charge on any atom is 0.156 e. The van der Waals surface area contributed by atoms with Crippen molar-refractivity contribution in [2.24, 2.45) is 5.92 Å². The number of rotatable bonds is 5. The number of nitrogens with zero attached hydrogens (tertiary/aromatic N) is 8. The highest BCUT2D eigenvalue weighted by Crippen LogP contribution is 2.33. The molecule has 1 fully saturated rings. The van der Waals surface area contributed by atoms with Crippen LogP contribution in [0.3, 0.4) is 0 Å². The molecule has 0 aliphatic carbocycles. The molecule has 0 saturated carbocycles. The first kappa shape index (κ1) is 19.9. The highest BCUT2D eigenvalue weighted by atomic mass is 16.3. The molecule has 0 radical (unpaired) electrons. The van der Waals surface area contributed by atoms with Gasteiger partial charge < -0.3 is 14.3 Å². The van der Waals surface area contributed by atoms with Gasteiger partial charge in [-0.05, 0) is 30.9 Å². The van der Waals surface area contributed by atoms with E-state index < -0.39 is 6.04 Å². The number of pyridine rings is 1. The zero-order chi connectivity index (χ0) is 23.1. The normalized spacial score (nSPS) is 16.6. The van der Waals surface area contributed by atoms with E-state index in [4.69, 9.17) is 4.42 Å². The first-order chi connectivity index (χ1) is 16.7. The van der Waals surface area contributed by atoms with Gasteiger partial charge in [0.1, 0.15) is 35.5 Å². The van der Waals surface area contributed by atoms with E-state index in [9.17, 15) is 10.5 Å². The largest absolute Gasteiger partial charge is 0.463 e. The molecule has 10 heteroatoms. The molecule has 2 atom stereocenters. The molecule has 1 N–H and O–H groups in total. The van der Waals surface area contributed by atoms with Crippen LogP contribution in [0.2, 0.25) is 0 Å². The van der Waals surface area contributed by atoms with E-state index in [2.05, 4.69) is 42.1 Å². The Hall–Kier alpha value is -4.70. The maximum atomic E-state index is 9.90. The van der Waals surface area contributed by atoms with Gasteiger partial charge in [-0.3, -0.25) is 4.68 Å². The average Bonchev–Trinajstić information content (AvgIpc) is 3.67. The summed E-state index contributed by atoms with van der Waals surface area (Å²) < 4.78 is 7.23. The summed E-state index contributed by atoms with van der Waals surface area (Å²) in [6.45, 7) is 1.49. The van der Waals surface area contributed by atoms with Crippen molar-refractivity contribution in [3.05, 3.63) is 55.1 Å². The van der Waals surface area contributed by atoms with Gasteiger partial charge in [-0.2, -0.15) is 15.6 Å². The molecule has 34 heavy (non-hydrogen) atoms. The predicted molar refractivity (Wildman–Crippen MR) is 123 cm³/mol. The first-order valence-corrected chi connectivity index (χ1v) is 11.0. The van der Waals surface area contributed by atoms with E-state index in [1.54, 1.807) is 29.4 Å². The molecule has 0 amide bonds.